The first-order chi connectivity index (χ1) is 11.4. The number of carboxylic acid groups (broad SMARTS) is 1. The average Bonchev–Trinajstić information content (AvgIpc) is 2.53. The molecule has 0 spiro atoms. The predicted octanol–water partition coefficient (Wildman–Crippen LogP) is 2.94. The zero-order valence-corrected chi connectivity index (χ0v) is 14.9. The van der Waals surface area contributed by atoms with Crippen LogP contribution in [-0.2, 0) is 16.1 Å². The van der Waals surface area contributed by atoms with Crippen molar-refractivity contribution < 1.29 is 24.2 Å². The third kappa shape index (κ3) is 6.48. The molecule has 6 nitrogen and oxygen atoms in total. The van der Waals surface area contributed by atoms with Crippen molar-refractivity contribution in [3.05, 3.63) is 23.8 Å². The van der Waals surface area contributed by atoms with E-state index in [1.807, 2.05) is 6.92 Å². The standard InChI is InChI=1S/C18H27NO5/c1-5-6-13(2)7-17(20)19(12-18(21)22)11-14-8-15(23-3)10-16(9-14)24-4/h8-10,13H,5-7,11-12H2,1-4H3,(H,21,22). The van der Waals surface area contributed by atoms with E-state index in [-0.39, 0.29) is 24.9 Å². The maximum absolute atomic E-state index is 12.5. The lowest BCUT2D eigenvalue weighted by atomic mass is 10.0. The van der Waals surface area contributed by atoms with Crippen LogP contribution in [-0.4, -0.2) is 42.6 Å². The second-order valence-corrected chi connectivity index (χ2v) is 5.96. The number of carbonyl (C=O) groups excluding carboxylic acids is 1. The summed E-state index contributed by atoms with van der Waals surface area (Å²) in [6.45, 7) is 3.96. The van der Waals surface area contributed by atoms with Gasteiger partial charge in [0.1, 0.15) is 18.0 Å². The molecule has 0 saturated carbocycles. The SMILES string of the molecule is CCCC(C)CC(=O)N(CC(=O)O)Cc1cc(OC)cc(OC)c1. The van der Waals surface area contributed by atoms with Gasteiger partial charge in [-0.3, -0.25) is 9.59 Å². The molecule has 0 fully saturated rings. The highest BCUT2D eigenvalue weighted by atomic mass is 16.5. The van der Waals surface area contributed by atoms with E-state index in [2.05, 4.69) is 6.92 Å². The van der Waals surface area contributed by atoms with Gasteiger partial charge in [-0.1, -0.05) is 26.7 Å². The van der Waals surface area contributed by atoms with E-state index < -0.39 is 5.97 Å². The fourth-order valence-electron chi connectivity index (χ4n) is 2.60. The molecule has 134 valence electrons. The fraction of sp³-hybridized carbons (Fsp3) is 0.556. The molecular formula is C18H27NO5. The number of carbonyl (C=O) groups is 2. The minimum Gasteiger partial charge on any atom is -0.497 e. The van der Waals surface area contributed by atoms with Crippen molar-refractivity contribution in [1.29, 1.82) is 0 Å². The number of methoxy groups -OCH3 is 2. The Hall–Kier alpha value is -2.24. The van der Waals surface area contributed by atoms with Gasteiger partial charge in [-0.05, 0) is 23.6 Å². The predicted molar refractivity (Wildman–Crippen MR) is 91.3 cm³/mol. The number of carboxylic acids is 1. The van der Waals surface area contributed by atoms with Gasteiger partial charge >= 0.3 is 5.97 Å². The molecule has 1 aromatic carbocycles. The van der Waals surface area contributed by atoms with Gasteiger partial charge in [0.15, 0.2) is 0 Å². The number of aliphatic carboxylic acids is 1. The van der Waals surface area contributed by atoms with E-state index in [0.717, 1.165) is 18.4 Å². The van der Waals surface area contributed by atoms with Crippen LogP contribution in [0.2, 0.25) is 0 Å². The summed E-state index contributed by atoms with van der Waals surface area (Å²) in [5.74, 6) is 0.262. The van der Waals surface area contributed by atoms with Gasteiger partial charge in [0.25, 0.3) is 0 Å². The molecule has 0 saturated heterocycles. The molecule has 0 heterocycles. The van der Waals surface area contributed by atoms with Gasteiger partial charge in [0.2, 0.25) is 5.91 Å². The Labute approximate surface area is 143 Å². The van der Waals surface area contributed by atoms with Crippen LogP contribution in [0.3, 0.4) is 0 Å². The Kier molecular flexibility index (Phi) is 8.09. The number of hydrogen-bond acceptors (Lipinski definition) is 4. The van der Waals surface area contributed by atoms with E-state index in [9.17, 15) is 9.59 Å². The second kappa shape index (κ2) is 9.80. The van der Waals surface area contributed by atoms with E-state index in [1.54, 1.807) is 32.4 Å². The fourth-order valence-corrected chi connectivity index (χ4v) is 2.60. The molecule has 1 atom stereocenters. The van der Waals surface area contributed by atoms with Crippen molar-refractivity contribution in [2.24, 2.45) is 5.92 Å². The molecule has 1 unspecified atom stereocenters. The first kappa shape index (κ1) is 19.8. The topological polar surface area (TPSA) is 76.1 Å². The average molecular weight is 337 g/mol. The van der Waals surface area contributed by atoms with Crippen molar-refractivity contribution >= 4 is 11.9 Å². The van der Waals surface area contributed by atoms with Crippen molar-refractivity contribution in [3.63, 3.8) is 0 Å². The number of ether oxygens (including phenoxy) is 2. The molecule has 1 rings (SSSR count). The van der Waals surface area contributed by atoms with Crippen LogP contribution in [0.25, 0.3) is 0 Å². The summed E-state index contributed by atoms with van der Waals surface area (Å²) in [7, 11) is 3.09. The summed E-state index contributed by atoms with van der Waals surface area (Å²) in [5, 5.41) is 9.11. The van der Waals surface area contributed by atoms with Crippen LogP contribution in [0.15, 0.2) is 18.2 Å². The zero-order valence-electron chi connectivity index (χ0n) is 14.9. The summed E-state index contributed by atoms with van der Waals surface area (Å²) in [6, 6.07) is 5.29. The lowest BCUT2D eigenvalue weighted by Gasteiger charge is -2.23. The first-order valence-corrected chi connectivity index (χ1v) is 8.11. The summed E-state index contributed by atoms with van der Waals surface area (Å²) < 4.78 is 10.4. The molecule has 0 bridgehead atoms. The van der Waals surface area contributed by atoms with Crippen molar-refractivity contribution in [3.8, 4) is 11.5 Å². The van der Waals surface area contributed by atoms with Crippen LogP contribution < -0.4 is 9.47 Å². The second-order valence-electron chi connectivity index (χ2n) is 5.96. The smallest absolute Gasteiger partial charge is 0.323 e. The number of hydrogen-bond donors (Lipinski definition) is 1. The Morgan fingerprint density at radius 1 is 1.17 bits per heavy atom. The van der Waals surface area contributed by atoms with Gasteiger partial charge < -0.3 is 19.5 Å². The third-order valence-corrected chi connectivity index (χ3v) is 3.77. The highest BCUT2D eigenvalue weighted by Crippen LogP contribution is 2.24. The Bertz CT molecular complexity index is 536. The number of rotatable bonds is 10. The highest BCUT2D eigenvalue weighted by molar-refractivity contribution is 5.81. The molecule has 0 aliphatic rings. The molecule has 0 aromatic heterocycles. The quantitative estimate of drug-likeness (QED) is 0.710. The molecule has 0 aliphatic carbocycles. The van der Waals surface area contributed by atoms with E-state index in [0.29, 0.717) is 17.9 Å². The minimum absolute atomic E-state index is 0.153. The number of amides is 1. The number of benzene rings is 1. The van der Waals surface area contributed by atoms with Gasteiger partial charge in [0, 0.05) is 19.0 Å². The van der Waals surface area contributed by atoms with Crippen LogP contribution in [0, 0.1) is 5.92 Å². The molecular weight excluding hydrogens is 310 g/mol. The van der Waals surface area contributed by atoms with Gasteiger partial charge in [-0.15, -0.1) is 0 Å². The van der Waals surface area contributed by atoms with Crippen LogP contribution in [0.5, 0.6) is 11.5 Å². The molecule has 1 amide bonds. The maximum atomic E-state index is 12.5. The lowest BCUT2D eigenvalue weighted by molar-refractivity contribution is -0.145. The normalized spacial score (nSPS) is 11.7. The zero-order chi connectivity index (χ0) is 18.1. The molecule has 6 heteroatoms. The Morgan fingerprint density at radius 3 is 2.21 bits per heavy atom. The first-order valence-electron chi connectivity index (χ1n) is 8.11. The van der Waals surface area contributed by atoms with Gasteiger partial charge in [-0.2, -0.15) is 0 Å². The minimum atomic E-state index is -1.03. The Morgan fingerprint density at radius 2 is 1.75 bits per heavy atom. The third-order valence-electron chi connectivity index (χ3n) is 3.77. The number of nitrogens with zero attached hydrogens (tertiary/aromatic N) is 1. The maximum Gasteiger partial charge on any atom is 0.323 e. The molecule has 24 heavy (non-hydrogen) atoms. The summed E-state index contributed by atoms with van der Waals surface area (Å²) >= 11 is 0. The van der Waals surface area contributed by atoms with Gasteiger partial charge in [-0.25, -0.2) is 0 Å². The highest BCUT2D eigenvalue weighted by Gasteiger charge is 2.20. The Balaban J connectivity index is 2.93. The van der Waals surface area contributed by atoms with E-state index in [1.165, 1.54) is 4.90 Å². The van der Waals surface area contributed by atoms with Crippen molar-refractivity contribution in [2.45, 2.75) is 39.7 Å². The summed E-state index contributed by atoms with van der Waals surface area (Å²) in [4.78, 5) is 25.0. The molecule has 0 aliphatic heterocycles. The largest absolute Gasteiger partial charge is 0.497 e. The lowest BCUT2D eigenvalue weighted by Crippen LogP contribution is -2.36. The monoisotopic (exact) mass is 337 g/mol. The molecule has 0 radical (unpaired) electrons. The molecule has 1 N–H and O–H groups in total. The van der Waals surface area contributed by atoms with Crippen LogP contribution in [0.1, 0.15) is 38.7 Å². The summed E-state index contributed by atoms with van der Waals surface area (Å²) in [5.41, 5.74) is 0.768. The summed E-state index contributed by atoms with van der Waals surface area (Å²) in [6.07, 6.45) is 2.29. The van der Waals surface area contributed by atoms with Crippen molar-refractivity contribution in [1.82, 2.24) is 4.90 Å². The van der Waals surface area contributed by atoms with Crippen LogP contribution in [0.4, 0.5) is 0 Å². The molecule has 1 aromatic rings. The van der Waals surface area contributed by atoms with Crippen LogP contribution >= 0.6 is 0 Å². The van der Waals surface area contributed by atoms with E-state index >= 15 is 0 Å². The van der Waals surface area contributed by atoms with E-state index in [4.69, 9.17) is 14.6 Å². The van der Waals surface area contributed by atoms with Crippen molar-refractivity contribution in [2.75, 3.05) is 20.8 Å². The van der Waals surface area contributed by atoms with Gasteiger partial charge in [0.05, 0.1) is 14.2 Å².